The summed E-state index contributed by atoms with van der Waals surface area (Å²) in [7, 11) is 1.50. The van der Waals surface area contributed by atoms with Crippen LogP contribution in [0.4, 0.5) is 8.78 Å². The number of benzene rings is 1. The van der Waals surface area contributed by atoms with Crippen molar-refractivity contribution < 1.29 is 18.3 Å². The minimum absolute atomic E-state index is 0.113. The molecule has 0 radical (unpaired) electrons. The molecule has 82 valence electrons. The summed E-state index contributed by atoms with van der Waals surface area (Å²) >= 11 is 3.07. The maximum atomic E-state index is 12.0. The van der Waals surface area contributed by atoms with E-state index in [1.165, 1.54) is 13.2 Å². The lowest BCUT2D eigenvalue weighted by molar-refractivity contribution is -0.0500. The minimum atomic E-state index is -2.83. The van der Waals surface area contributed by atoms with E-state index < -0.39 is 6.61 Å². The predicted molar refractivity (Wildman–Crippen MR) is 57.6 cm³/mol. The van der Waals surface area contributed by atoms with Crippen molar-refractivity contribution in [2.45, 2.75) is 6.61 Å². The van der Waals surface area contributed by atoms with Gasteiger partial charge >= 0.3 is 6.61 Å². The lowest BCUT2D eigenvalue weighted by atomic mass is 10.2. The monoisotopic (exact) mass is 278 g/mol. The van der Waals surface area contributed by atoms with Gasteiger partial charge in [-0.05, 0) is 29.3 Å². The van der Waals surface area contributed by atoms with Crippen LogP contribution in [0.25, 0.3) is 6.08 Å². The molecule has 15 heavy (non-hydrogen) atoms. The SMILES string of the molecule is COc1ccc(OC(F)F)c(/C=C/Br)c1. The molecular formula is C10H9BrF2O2. The quantitative estimate of drug-likeness (QED) is 0.837. The standard InChI is InChI=1S/C10H9BrF2O2/c1-14-8-2-3-9(15-10(12)13)7(6-8)4-5-11/h2-6,10H,1H3/b5-4+. The molecule has 0 amide bonds. The van der Waals surface area contributed by atoms with Crippen molar-refractivity contribution in [1.82, 2.24) is 0 Å². The summed E-state index contributed by atoms with van der Waals surface area (Å²) in [6.45, 7) is -2.83. The second kappa shape index (κ2) is 5.70. The fourth-order valence-electron chi connectivity index (χ4n) is 1.05. The highest BCUT2D eigenvalue weighted by atomic mass is 79.9. The average molecular weight is 279 g/mol. The average Bonchev–Trinajstić information content (AvgIpc) is 2.20. The van der Waals surface area contributed by atoms with Gasteiger partial charge in [0, 0.05) is 5.56 Å². The van der Waals surface area contributed by atoms with Gasteiger partial charge < -0.3 is 9.47 Å². The molecule has 0 fully saturated rings. The minimum Gasteiger partial charge on any atom is -0.497 e. The number of hydrogen-bond acceptors (Lipinski definition) is 2. The molecule has 0 saturated heterocycles. The third-order valence-electron chi connectivity index (χ3n) is 1.68. The van der Waals surface area contributed by atoms with Gasteiger partial charge in [0.25, 0.3) is 0 Å². The first-order valence-corrected chi connectivity index (χ1v) is 4.98. The molecule has 0 spiro atoms. The van der Waals surface area contributed by atoms with Crippen LogP contribution in [-0.4, -0.2) is 13.7 Å². The van der Waals surface area contributed by atoms with Gasteiger partial charge in [0.2, 0.25) is 0 Å². The van der Waals surface area contributed by atoms with Gasteiger partial charge in [-0.3, -0.25) is 0 Å². The predicted octanol–water partition coefficient (Wildman–Crippen LogP) is 3.66. The number of methoxy groups -OCH3 is 1. The molecule has 0 aromatic heterocycles. The van der Waals surface area contributed by atoms with Crippen LogP contribution in [0, 0.1) is 0 Å². The molecule has 0 saturated carbocycles. The lowest BCUT2D eigenvalue weighted by Gasteiger charge is -2.09. The van der Waals surface area contributed by atoms with E-state index in [4.69, 9.17) is 4.74 Å². The van der Waals surface area contributed by atoms with Crippen molar-refractivity contribution >= 4 is 22.0 Å². The Balaban J connectivity index is 3.03. The van der Waals surface area contributed by atoms with Crippen LogP contribution in [0.5, 0.6) is 11.5 Å². The van der Waals surface area contributed by atoms with E-state index in [-0.39, 0.29) is 5.75 Å². The summed E-state index contributed by atoms with van der Waals surface area (Å²) in [5.74, 6) is 0.693. The molecule has 0 aliphatic heterocycles. The Bertz CT molecular complexity index is 353. The van der Waals surface area contributed by atoms with E-state index in [1.54, 1.807) is 23.2 Å². The lowest BCUT2D eigenvalue weighted by Crippen LogP contribution is -2.03. The Hall–Kier alpha value is -1.10. The van der Waals surface area contributed by atoms with Crippen molar-refractivity contribution in [2.24, 2.45) is 0 Å². The molecule has 0 N–H and O–H groups in total. The first kappa shape index (κ1) is 12.0. The fourth-order valence-corrected chi connectivity index (χ4v) is 1.34. The molecule has 0 heterocycles. The van der Waals surface area contributed by atoms with Crippen LogP contribution in [0.3, 0.4) is 0 Å². The Morgan fingerprint density at radius 1 is 1.40 bits per heavy atom. The largest absolute Gasteiger partial charge is 0.497 e. The second-order valence-corrected chi connectivity index (χ2v) is 3.10. The smallest absolute Gasteiger partial charge is 0.387 e. The summed E-state index contributed by atoms with van der Waals surface area (Å²) in [5, 5.41) is 0. The van der Waals surface area contributed by atoms with Crippen LogP contribution in [-0.2, 0) is 0 Å². The number of ether oxygens (including phenoxy) is 2. The van der Waals surface area contributed by atoms with Crippen molar-refractivity contribution in [1.29, 1.82) is 0 Å². The summed E-state index contributed by atoms with van der Waals surface area (Å²) in [6, 6.07) is 4.60. The zero-order valence-electron chi connectivity index (χ0n) is 7.91. The van der Waals surface area contributed by atoms with E-state index in [0.29, 0.717) is 11.3 Å². The fraction of sp³-hybridized carbons (Fsp3) is 0.200. The van der Waals surface area contributed by atoms with Crippen LogP contribution < -0.4 is 9.47 Å². The first-order chi connectivity index (χ1) is 7.17. The van der Waals surface area contributed by atoms with Crippen molar-refractivity contribution in [3.63, 3.8) is 0 Å². The Labute approximate surface area is 94.6 Å². The zero-order valence-corrected chi connectivity index (χ0v) is 9.50. The summed E-state index contributed by atoms with van der Waals surface area (Å²) in [6.07, 6.45) is 1.60. The van der Waals surface area contributed by atoms with Gasteiger partial charge in [-0.1, -0.05) is 15.9 Å². The van der Waals surface area contributed by atoms with Gasteiger partial charge in [-0.15, -0.1) is 0 Å². The van der Waals surface area contributed by atoms with Crippen molar-refractivity contribution in [2.75, 3.05) is 7.11 Å². The highest BCUT2D eigenvalue weighted by Crippen LogP contribution is 2.27. The van der Waals surface area contributed by atoms with Crippen LogP contribution in [0.1, 0.15) is 5.56 Å². The van der Waals surface area contributed by atoms with Gasteiger partial charge in [-0.2, -0.15) is 8.78 Å². The Morgan fingerprint density at radius 2 is 2.13 bits per heavy atom. The maximum Gasteiger partial charge on any atom is 0.387 e. The van der Waals surface area contributed by atoms with E-state index in [9.17, 15) is 8.78 Å². The topological polar surface area (TPSA) is 18.5 Å². The second-order valence-electron chi connectivity index (χ2n) is 2.57. The molecule has 2 nitrogen and oxygen atoms in total. The highest BCUT2D eigenvalue weighted by molar-refractivity contribution is 9.11. The van der Waals surface area contributed by atoms with Crippen molar-refractivity contribution in [3.05, 3.63) is 28.7 Å². The molecule has 0 aliphatic rings. The Kier molecular flexibility index (Phi) is 4.55. The van der Waals surface area contributed by atoms with Crippen LogP contribution >= 0.6 is 15.9 Å². The zero-order chi connectivity index (χ0) is 11.3. The van der Waals surface area contributed by atoms with Gasteiger partial charge in [-0.25, -0.2) is 0 Å². The van der Waals surface area contributed by atoms with Crippen molar-refractivity contribution in [3.8, 4) is 11.5 Å². The molecule has 0 aliphatic carbocycles. The van der Waals surface area contributed by atoms with Crippen LogP contribution in [0.2, 0.25) is 0 Å². The van der Waals surface area contributed by atoms with Crippen LogP contribution in [0.15, 0.2) is 23.2 Å². The third-order valence-corrected chi connectivity index (χ3v) is 1.94. The van der Waals surface area contributed by atoms with E-state index >= 15 is 0 Å². The molecule has 0 atom stereocenters. The van der Waals surface area contributed by atoms with E-state index in [1.807, 2.05) is 0 Å². The molecule has 0 unspecified atom stereocenters. The Morgan fingerprint density at radius 3 is 2.67 bits per heavy atom. The molecular weight excluding hydrogens is 270 g/mol. The van der Waals surface area contributed by atoms with E-state index in [2.05, 4.69) is 20.7 Å². The molecule has 1 rings (SSSR count). The number of halogens is 3. The number of hydrogen-bond donors (Lipinski definition) is 0. The number of alkyl halides is 2. The van der Waals surface area contributed by atoms with E-state index in [0.717, 1.165) is 0 Å². The molecule has 1 aromatic rings. The summed E-state index contributed by atoms with van der Waals surface area (Å²) in [4.78, 5) is 1.56. The van der Waals surface area contributed by atoms with Gasteiger partial charge in [0.05, 0.1) is 7.11 Å². The first-order valence-electron chi connectivity index (χ1n) is 4.07. The summed E-state index contributed by atoms with van der Waals surface area (Å²) in [5.41, 5.74) is 0.520. The molecule has 1 aromatic carbocycles. The van der Waals surface area contributed by atoms with Gasteiger partial charge in [0.15, 0.2) is 0 Å². The maximum absolute atomic E-state index is 12.0. The third kappa shape index (κ3) is 3.51. The van der Waals surface area contributed by atoms with Gasteiger partial charge in [0.1, 0.15) is 11.5 Å². The molecule has 5 heteroatoms. The summed E-state index contributed by atoms with van der Waals surface area (Å²) < 4.78 is 33.4. The highest BCUT2D eigenvalue weighted by Gasteiger charge is 2.08. The normalized spacial score (nSPS) is 11.0. The number of rotatable bonds is 4. The molecule has 0 bridgehead atoms.